The predicted molar refractivity (Wildman–Crippen MR) is 93.3 cm³/mol. The zero-order valence-electron chi connectivity index (χ0n) is 16.0. The summed E-state index contributed by atoms with van der Waals surface area (Å²) in [6, 6.07) is 1.85. The second kappa shape index (κ2) is 7.43. The third kappa shape index (κ3) is 3.29. The maximum Gasteiger partial charge on any atom is 0.322 e. The standard InChI is InChI=1S/C19H24N2O6/c1-5-25-13(23)9-19(17(24)26-6-2)11(10-20)16(21)27-15-14(19)12(22)7-8-18(15,3)4/h5-9,21H2,1-4H3. The van der Waals surface area contributed by atoms with E-state index in [0.29, 0.717) is 6.42 Å². The van der Waals surface area contributed by atoms with Crippen LogP contribution in [0, 0.1) is 22.2 Å². The Morgan fingerprint density at radius 1 is 1.26 bits per heavy atom. The van der Waals surface area contributed by atoms with Gasteiger partial charge in [0.1, 0.15) is 22.8 Å². The van der Waals surface area contributed by atoms with Crippen molar-refractivity contribution < 1.29 is 28.6 Å². The van der Waals surface area contributed by atoms with Crippen molar-refractivity contribution in [3.63, 3.8) is 0 Å². The minimum atomic E-state index is -1.97. The van der Waals surface area contributed by atoms with E-state index in [0.717, 1.165) is 0 Å². The van der Waals surface area contributed by atoms with E-state index >= 15 is 0 Å². The first-order valence-corrected chi connectivity index (χ1v) is 8.85. The smallest absolute Gasteiger partial charge is 0.322 e. The molecule has 146 valence electrons. The van der Waals surface area contributed by atoms with Gasteiger partial charge in [0.05, 0.1) is 25.2 Å². The Balaban J connectivity index is 2.83. The van der Waals surface area contributed by atoms with Crippen molar-refractivity contribution in [1.29, 1.82) is 5.26 Å². The van der Waals surface area contributed by atoms with E-state index in [2.05, 4.69) is 0 Å². The highest BCUT2D eigenvalue weighted by Crippen LogP contribution is 2.54. The van der Waals surface area contributed by atoms with Crippen LogP contribution in [0.4, 0.5) is 0 Å². The minimum Gasteiger partial charge on any atom is -0.466 e. The number of rotatable bonds is 5. The summed E-state index contributed by atoms with van der Waals surface area (Å²) in [5.41, 5.74) is 3.04. The summed E-state index contributed by atoms with van der Waals surface area (Å²) < 4.78 is 15.8. The summed E-state index contributed by atoms with van der Waals surface area (Å²) in [7, 11) is 0. The van der Waals surface area contributed by atoms with Gasteiger partial charge in [0, 0.05) is 11.8 Å². The number of ether oxygens (including phenoxy) is 3. The van der Waals surface area contributed by atoms with Gasteiger partial charge in [-0.2, -0.15) is 5.26 Å². The first-order chi connectivity index (χ1) is 12.7. The summed E-state index contributed by atoms with van der Waals surface area (Å²) in [6.45, 7) is 6.99. The van der Waals surface area contributed by atoms with Crippen LogP contribution < -0.4 is 5.73 Å². The van der Waals surface area contributed by atoms with E-state index in [4.69, 9.17) is 19.9 Å². The van der Waals surface area contributed by atoms with Crippen LogP contribution >= 0.6 is 0 Å². The van der Waals surface area contributed by atoms with E-state index in [1.807, 2.05) is 19.9 Å². The Morgan fingerprint density at radius 2 is 1.89 bits per heavy atom. The van der Waals surface area contributed by atoms with Crippen LogP contribution in [0.3, 0.4) is 0 Å². The maximum absolute atomic E-state index is 13.1. The number of nitriles is 1. The molecule has 0 saturated heterocycles. The fraction of sp³-hybridized carbons (Fsp3) is 0.579. The van der Waals surface area contributed by atoms with Gasteiger partial charge < -0.3 is 19.9 Å². The van der Waals surface area contributed by atoms with Gasteiger partial charge in [-0.3, -0.25) is 14.4 Å². The number of nitrogens with two attached hydrogens (primary N) is 1. The summed E-state index contributed by atoms with van der Waals surface area (Å²) in [5.74, 6) is -2.11. The number of carbonyl (C=O) groups is 3. The van der Waals surface area contributed by atoms with Gasteiger partial charge in [-0.15, -0.1) is 0 Å². The quantitative estimate of drug-likeness (QED) is 0.720. The molecule has 2 aliphatic rings. The molecule has 0 spiro atoms. The summed E-state index contributed by atoms with van der Waals surface area (Å²) in [6.07, 6.45) is 0.0726. The lowest BCUT2D eigenvalue weighted by Gasteiger charge is -2.43. The molecule has 0 radical (unpaired) electrons. The van der Waals surface area contributed by atoms with Gasteiger partial charge in [-0.25, -0.2) is 0 Å². The molecule has 2 N–H and O–H groups in total. The SMILES string of the molecule is CCOC(=O)CC1(C(=O)OCC)C(C#N)=C(N)OC2=C1C(=O)CCC2(C)C. The molecule has 0 aromatic carbocycles. The Hall–Kier alpha value is -2.82. The molecule has 0 bridgehead atoms. The van der Waals surface area contributed by atoms with Crippen molar-refractivity contribution in [2.75, 3.05) is 13.2 Å². The van der Waals surface area contributed by atoms with Gasteiger partial charge in [-0.1, -0.05) is 13.8 Å². The molecule has 0 aromatic heterocycles. The van der Waals surface area contributed by atoms with E-state index in [1.165, 1.54) is 0 Å². The zero-order chi connectivity index (χ0) is 20.4. The molecule has 2 rings (SSSR count). The molecule has 8 heteroatoms. The largest absolute Gasteiger partial charge is 0.466 e. The number of hydrogen-bond acceptors (Lipinski definition) is 8. The minimum absolute atomic E-state index is 0.00305. The lowest BCUT2D eigenvalue weighted by molar-refractivity contribution is -0.159. The van der Waals surface area contributed by atoms with Crippen molar-refractivity contribution in [2.24, 2.45) is 16.6 Å². The molecular formula is C19H24N2O6. The maximum atomic E-state index is 13.1. The molecule has 1 atom stereocenters. The number of esters is 2. The number of allylic oxidation sites excluding steroid dienone is 1. The molecule has 8 nitrogen and oxygen atoms in total. The summed E-state index contributed by atoms with van der Waals surface area (Å²) >= 11 is 0. The third-order valence-corrected chi connectivity index (χ3v) is 4.86. The molecule has 0 saturated carbocycles. The Bertz CT molecular complexity index is 787. The zero-order valence-corrected chi connectivity index (χ0v) is 16.0. The number of carbonyl (C=O) groups excluding carboxylic acids is 3. The second-order valence-corrected chi connectivity index (χ2v) is 7.07. The van der Waals surface area contributed by atoms with Gasteiger partial charge in [-0.05, 0) is 20.3 Å². The second-order valence-electron chi connectivity index (χ2n) is 7.07. The fourth-order valence-electron chi connectivity index (χ4n) is 3.53. The average Bonchev–Trinajstić information content (AvgIpc) is 2.58. The molecule has 1 heterocycles. The Morgan fingerprint density at radius 3 is 2.44 bits per heavy atom. The van der Waals surface area contributed by atoms with Gasteiger partial charge in [0.25, 0.3) is 0 Å². The van der Waals surface area contributed by atoms with E-state index < -0.39 is 29.2 Å². The summed E-state index contributed by atoms with van der Waals surface area (Å²) in [4.78, 5) is 38.3. The highest BCUT2D eigenvalue weighted by Gasteiger charge is 2.59. The number of Topliss-reactive ketones (excluding diaryl/α,β-unsaturated/α-hetero) is 1. The molecule has 0 fully saturated rings. The van der Waals surface area contributed by atoms with Crippen molar-refractivity contribution in [1.82, 2.24) is 0 Å². The van der Waals surface area contributed by atoms with Crippen LogP contribution in [-0.2, 0) is 28.6 Å². The van der Waals surface area contributed by atoms with Crippen LogP contribution in [0.15, 0.2) is 22.8 Å². The number of ketones is 1. The van der Waals surface area contributed by atoms with Crippen LogP contribution in [-0.4, -0.2) is 30.9 Å². The summed E-state index contributed by atoms with van der Waals surface area (Å²) in [5, 5.41) is 9.70. The van der Waals surface area contributed by atoms with Crippen LogP contribution in [0.1, 0.15) is 47.0 Å². The highest BCUT2D eigenvalue weighted by atomic mass is 16.5. The van der Waals surface area contributed by atoms with Gasteiger partial charge in [0.2, 0.25) is 5.88 Å². The lowest BCUT2D eigenvalue weighted by Crippen LogP contribution is -2.48. The third-order valence-electron chi connectivity index (χ3n) is 4.86. The van der Waals surface area contributed by atoms with Gasteiger partial charge >= 0.3 is 11.9 Å². The molecule has 0 aromatic rings. The number of hydrogen-bond donors (Lipinski definition) is 1. The van der Waals surface area contributed by atoms with Crippen molar-refractivity contribution >= 4 is 17.7 Å². The fourth-order valence-corrected chi connectivity index (χ4v) is 3.53. The molecule has 0 amide bonds. The van der Waals surface area contributed by atoms with Crippen molar-refractivity contribution in [3.05, 3.63) is 22.8 Å². The molecular weight excluding hydrogens is 352 g/mol. The topological polar surface area (TPSA) is 129 Å². The lowest BCUT2D eigenvalue weighted by atomic mass is 9.62. The first kappa shape index (κ1) is 20.5. The van der Waals surface area contributed by atoms with Crippen molar-refractivity contribution in [2.45, 2.75) is 47.0 Å². The van der Waals surface area contributed by atoms with E-state index in [-0.39, 0.29) is 48.2 Å². The molecule has 1 aliphatic heterocycles. The Kier molecular flexibility index (Phi) is 5.64. The molecule has 1 aliphatic carbocycles. The normalized spacial score (nSPS) is 23.9. The highest BCUT2D eigenvalue weighted by molar-refractivity contribution is 6.07. The number of nitrogens with zero attached hydrogens (tertiary/aromatic N) is 1. The van der Waals surface area contributed by atoms with Crippen LogP contribution in [0.25, 0.3) is 0 Å². The monoisotopic (exact) mass is 376 g/mol. The molecule has 27 heavy (non-hydrogen) atoms. The Labute approximate surface area is 157 Å². The predicted octanol–water partition coefficient (Wildman–Crippen LogP) is 1.86. The average molecular weight is 376 g/mol. The first-order valence-electron chi connectivity index (χ1n) is 8.85. The van der Waals surface area contributed by atoms with Crippen LogP contribution in [0.2, 0.25) is 0 Å². The van der Waals surface area contributed by atoms with Crippen LogP contribution in [0.5, 0.6) is 0 Å². The van der Waals surface area contributed by atoms with E-state index in [1.54, 1.807) is 13.8 Å². The van der Waals surface area contributed by atoms with Crippen molar-refractivity contribution in [3.8, 4) is 6.07 Å². The molecule has 1 unspecified atom stereocenters. The van der Waals surface area contributed by atoms with E-state index in [9.17, 15) is 19.6 Å². The van der Waals surface area contributed by atoms with Gasteiger partial charge in [0.15, 0.2) is 5.78 Å².